The fourth-order valence-electron chi connectivity index (χ4n) is 3.95. The van der Waals surface area contributed by atoms with Crippen LogP contribution in [0.3, 0.4) is 0 Å². The molecule has 3 heterocycles. The van der Waals surface area contributed by atoms with Crippen molar-refractivity contribution in [1.29, 1.82) is 0 Å². The molecule has 2 aliphatic rings. The van der Waals surface area contributed by atoms with E-state index in [-0.39, 0.29) is 6.61 Å². The number of hydrogen-bond donors (Lipinski definition) is 2. The summed E-state index contributed by atoms with van der Waals surface area (Å²) in [6.45, 7) is 7.46. The molecule has 2 aliphatic heterocycles. The van der Waals surface area contributed by atoms with Gasteiger partial charge in [-0.1, -0.05) is 13.3 Å². The number of nitrogens with zero attached hydrogens (tertiary/aromatic N) is 4. The van der Waals surface area contributed by atoms with Crippen molar-refractivity contribution in [1.82, 2.24) is 14.9 Å². The predicted molar refractivity (Wildman–Crippen MR) is 94.2 cm³/mol. The molecule has 134 valence electrons. The average Bonchev–Trinajstić information content (AvgIpc) is 2.98. The van der Waals surface area contributed by atoms with Crippen LogP contribution in [0, 0.1) is 6.92 Å². The molecule has 2 N–H and O–H groups in total. The highest BCUT2D eigenvalue weighted by molar-refractivity contribution is 5.40. The molecule has 24 heavy (non-hydrogen) atoms. The lowest BCUT2D eigenvalue weighted by molar-refractivity contribution is -0.00940. The molecule has 0 aromatic carbocycles. The lowest BCUT2D eigenvalue weighted by atomic mass is 10.0. The summed E-state index contributed by atoms with van der Waals surface area (Å²) in [6.07, 6.45) is 4.93. The minimum atomic E-state index is -0.893. The number of β-amino-alcohol motifs (C(OH)–C–C–N with tert-alkyl or cyclic N) is 1. The molecule has 0 radical (unpaired) electrons. The van der Waals surface area contributed by atoms with Gasteiger partial charge in [0.2, 0.25) is 0 Å². The Kier molecular flexibility index (Phi) is 5.37. The van der Waals surface area contributed by atoms with E-state index in [4.69, 9.17) is 0 Å². The molecule has 1 aromatic rings. The maximum Gasteiger partial charge on any atom is 0.132 e. The van der Waals surface area contributed by atoms with E-state index in [1.165, 1.54) is 0 Å². The van der Waals surface area contributed by atoms with Crippen LogP contribution in [-0.2, 0) is 6.42 Å². The van der Waals surface area contributed by atoms with Gasteiger partial charge >= 0.3 is 0 Å². The summed E-state index contributed by atoms with van der Waals surface area (Å²) in [5, 5.41) is 19.6. The van der Waals surface area contributed by atoms with E-state index in [2.05, 4.69) is 32.8 Å². The second-order valence-electron chi connectivity index (χ2n) is 7.34. The maximum atomic E-state index is 10.2. The minimum absolute atomic E-state index is 0.136. The number of likely N-dealkylation sites (tertiary alicyclic amines) is 1. The SMILES string of the molecule is CCCc1cc(N2CCC(N3CC[C@](O)(CO)C3)CC2)nc(C)n1. The summed E-state index contributed by atoms with van der Waals surface area (Å²) in [7, 11) is 0. The highest BCUT2D eigenvalue weighted by Gasteiger charge is 2.39. The Hall–Kier alpha value is -1.24. The van der Waals surface area contributed by atoms with Gasteiger partial charge in [-0.25, -0.2) is 9.97 Å². The first-order valence-corrected chi connectivity index (χ1v) is 9.20. The summed E-state index contributed by atoms with van der Waals surface area (Å²) in [4.78, 5) is 13.9. The summed E-state index contributed by atoms with van der Waals surface area (Å²) < 4.78 is 0. The van der Waals surface area contributed by atoms with Crippen molar-refractivity contribution in [2.45, 2.75) is 57.6 Å². The summed E-state index contributed by atoms with van der Waals surface area (Å²) in [5.41, 5.74) is 0.241. The molecule has 0 amide bonds. The average molecular weight is 334 g/mol. The topological polar surface area (TPSA) is 72.7 Å². The third-order valence-corrected chi connectivity index (χ3v) is 5.34. The van der Waals surface area contributed by atoms with E-state index in [9.17, 15) is 10.2 Å². The van der Waals surface area contributed by atoms with Crippen LogP contribution in [0.5, 0.6) is 0 Å². The maximum absolute atomic E-state index is 10.2. The number of rotatable bonds is 5. The van der Waals surface area contributed by atoms with Gasteiger partial charge in [-0.2, -0.15) is 0 Å². The van der Waals surface area contributed by atoms with Crippen molar-refractivity contribution in [3.63, 3.8) is 0 Å². The fraction of sp³-hybridized carbons (Fsp3) is 0.778. The zero-order valence-corrected chi connectivity index (χ0v) is 14.9. The van der Waals surface area contributed by atoms with E-state index in [0.717, 1.165) is 62.7 Å². The molecule has 0 unspecified atom stereocenters. The van der Waals surface area contributed by atoms with E-state index in [1.807, 2.05) is 6.92 Å². The molecule has 6 heteroatoms. The van der Waals surface area contributed by atoms with Crippen molar-refractivity contribution in [2.24, 2.45) is 0 Å². The molecular formula is C18H30N4O2. The van der Waals surface area contributed by atoms with Crippen molar-refractivity contribution in [3.05, 3.63) is 17.6 Å². The van der Waals surface area contributed by atoms with Gasteiger partial charge in [-0.15, -0.1) is 0 Å². The van der Waals surface area contributed by atoms with E-state index < -0.39 is 5.60 Å². The van der Waals surface area contributed by atoms with Crippen molar-refractivity contribution >= 4 is 5.82 Å². The quantitative estimate of drug-likeness (QED) is 0.841. The molecular weight excluding hydrogens is 304 g/mol. The van der Waals surface area contributed by atoms with E-state index in [1.54, 1.807) is 0 Å². The van der Waals surface area contributed by atoms with E-state index >= 15 is 0 Å². The molecule has 2 saturated heterocycles. The second kappa shape index (κ2) is 7.33. The zero-order valence-electron chi connectivity index (χ0n) is 14.9. The molecule has 3 rings (SSSR count). The monoisotopic (exact) mass is 334 g/mol. The van der Waals surface area contributed by atoms with Gasteiger partial charge < -0.3 is 15.1 Å². The van der Waals surface area contributed by atoms with Crippen LogP contribution in [-0.4, -0.2) is 69.5 Å². The highest BCUT2D eigenvalue weighted by Crippen LogP contribution is 2.28. The standard InChI is InChI=1S/C18H30N4O2/c1-3-4-15-11-17(20-14(2)19-15)21-8-5-16(6-9-21)22-10-7-18(24,12-22)13-23/h11,16,23-24H,3-10,12-13H2,1-2H3/t18-/m1/s1. The minimum Gasteiger partial charge on any atom is -0.393 e. The summed E-state index contributed by atoms with van der Waals surface area (Å²) >= 11 is 0. The highest BCUT2D eigenvalue weighted by atomic mass is 16.3. The molecule has 0 aliphatic carbocycles. The molecule has 6 nitrogen and oxygen atoms in total. The predicted octanol–water partition coefficient (Wildman–Crippen LogP) is 1.14. The van der Waals surface area contributed by atoms with Crippen LogP contribution in [0.4, 0.5) is 5.82 Å². The van der Waals surface area contributed by atoms with Crippen LogP contribution in [0.25, 0.3) is 0 Å². The first-order valence-electron chi connectivity index (χ1n) is 9.20. The van der Waals surface area contributed by atoms with Crippen molar-refractivity contribution < 1.29 is 10.2 Å². The molecule has 1 atom stereocenters. The zero-order chi connectivity index (χ0) is 17.2. The largest absolute Gasteiger partial charge is 0.393 e. The van der Waals surface area contributed by atoms with E-state index in [0.29, 0.717) is 19.0 Å². The van der Waals surface area contributed by atoms with Crippen LogP contribution in [0.1, 0.15) is 44.1 Å². The Morgan fingerprint density at radius 1 is 1.25 bits per heavy atom. The molecule has 1 aromatic heterocycles. The lowest BCUT2D eigenvalue weighted by Crippen LogP contribution is -2.46. The Labute approximate surface area is 144 Å². The Morgan fingerprint density at radius 3 is 2.62 bits per heavy atom. The Morgan fingerprint density at radius 2 is 2.00 bits per heavy atom. The smallest absolute Gasteiger partial charge is 0.132 e. The first-order chi connectivity index (χ1) is 11.5. The van der Waals surface area contributed by atoms with Gasteiger partial charge in [0.25, 0.3) is 0 Å². The van der Waals surface area contributed by atoms with Crippen LogP contribution >= 0.6 is 0 Å². The number of aliphatic hydroxyl groups excluding tert-OH is 1. The first kappa shape index (κ1) is 17.6. The van der Waals surface area contributed by atoms with Gasteiger partial charge in [-0.05, 0) is 32.6 Å². The summed E-state index contributed by atoms with van der Waals surface area (Å²) in [5.74, 6) is 1.91. The van der Waals surface area contributed by atoms with Gasteiger partial charge in [-0.3, -0.25) is 4.90 Å². The third-order valence-electron chi connectivity index (χ3n) is 5.34. The molecule has 0 saturated carbocycles. The van der Waals surface area contributed by atoms with Crippen LogP contribution < -0.4 is 4.90 Å². The number of hydrogen-bond acceptors (Lipinski definition) is 6. The molecule has 0 spiro atoms. The van der Waals surface area contributed by atoms with Crippen LogP contribution in [0.2, 0.25) is 0 Å². The molecule has 0 bridgehead atoms. The second-order valence-corrected chi connectivity index (χ2v) is 7.34. The Bertz CT molecular complexity index is 560. The number of anilines is 1. The van der Waals surface area contributed by atoms with Crippen molar-refractivity contribution in [3.8, 4) is 0 Å². The number of piperidine rings is 1. The van der Waals surface area contributed by atoms with Gasteiger partial charge in [0.15, 0.2) is 0 Å². The number of aryl methyl sites for hydroxylation is 2. The lowest BCUT2D eigenvalue weighted by Gasteiger charge is -2.37. The normalized spacial score (nSPS) is 26.2. The van der Waals surface area contributed by atoms with Gasteiger partial charge in [0.05, 0.1) is 6.61 Å². The van der Waals surface area contributed by atoms with Gasteiger partial charge in [0, 0.05) is 44.0 Å². The van der Waals surface area contributed by atoms with Gasteiger partial charge in [0.1, 0.15) is 17.2 Å². The fourth-order valence-corrected chi connectivity index (χ4v) is 3.95. The number of aromatic nitrogens is 2. The van der Waals surface area contributed by atoms with Crippen molar-refractivity contribution in [2.75, 3.05) is 37.7 Å². The molecule has 2 fully saturated rings. The van der Waals surface area contributed by atoms with Crippen LogP contribution in [0.15, 0.2) is 6.07 Å². The Balaban J connectivity index is 1.59. The number of aliphatic hydroxyl groups is 2. The summed E-state index contributed by atoms with van der Waals surface area (Å²) in [6, 6.07) is 2.64. The third kappa shape index (κ3) is 3.87.